The third kappa shape index (κ3) is 4.58. The number of imide groups is 1. The van der Waals surface area contributed by atoms with Gasteiger partial charge in [-0.2, -0.15) is 0 Å². The number of nitro benzene ring substituents is 1. The fourth-order valence-electron chi connectivity index (χ4n) is 2.54. The molecule has 3 rings (SSSR count). The van der Waals surface area contributed by atoms with Gasteiger partial charge in [0.25, 0.3) is 11.1 Å². The van der Waals surface area contributed by atoms with Gasteiger partial charge in [0.05, 0.1) is 9.83 Å². The van der Waals surface area contributed by atoms with Crippen molar-refractivity contribution in [1.29, 1.82) is 0 Å². The summed E-state index contributed by atoms with van der Waals surface area (Å²) in [7, 11) is 0. The highest BCUT2D eigenvalue weighted by molar-refractivity contribution is 8.18. The van der Waals surface area contributed by atoms with Crippen molar-refractivity contribution in [3.63, 3.8) is 0 Å². The number of phenols is 1. The highest BCUT2D eigenvalue weighted by atomic mass is 35.5. The van der Waals surface area contributed by atoms with Crippen LogP contribution < -0.4 is 5.32 Å². The zero-order valence-electron chi connectivity index (χ0n) is 14.8. The molecule has 2 aromatic carbocycles. The normalized spacial score (nSPS) is 15.0. The first kappa shape index (κ1) is 21.3. The molecule has 0 saturated carbocycles. The maximum atomic E-state index is 13.2. The Hall–Kier alpha value is -3.44. The number of anilines is 1. The minimum Gasteiger partial charge on any atom is -0.502 e. The van der Waals surface area contributed by atoms with Gasteiger partial charge in [-0.3, -0.25) is 29.4 Å². The number of halogens is 2. The quantitative estimate of drug-likeness (QED) is 0.402. The molecule has 0 aliphatic carbocycles. The van der Waals surface area contributed by atoms with Crippen LogP contribution in [0.15, 0.2) is 41.3 Å². The van der Waals surface area contributed by atoms with Crippen molar-refractivity contribution >= 4 is 57.9 Å². The lowest BCUT2D eigenvalue weighted by atomic mass is 10.1. The topological polar surface area (TPSA) is 130 Å². The van der Waals surface area contributed by atoms with Crippen LogP contribution in [-0.2, 0) is 9.59 Å². The summed E-state index contributed by atoms with van der Waals surface area (Å²) >= 11 is 6.30. The molecule has 1 heterocycles. The maximum Gasteiger partial charge on any atom is 0.312 e. The Bertz CT molecular complexity index is 1120. The van der Waals surface area contributed by atoms with Crippen molar-refractivity contribution in [2.45, 2.75) is 0 Å². The third-order valence-electron chi connectivity index (χ3n) is 3.85. The Morgan fingerprint density at radius 3 is 2.73 bits per heavy atom. The lowest BCUT2D eigenvalue weighted by Gasteiger charge is -2.12. The van der Waals surface area contributed by atoms with Crippen molar-refractivity contribution in [1.82, 2.24) is 4.90 Å². The molecule has 0 aromatic heterocycles. The summed E-state index contributed by atoms with van der Waals surface area (Å²) in [6.07, 6.45) is 1.07. The van der Waals surface area contributed by atoms with Crippen molar-refractivity contribution in [3.8, 4) is 5.75 Å². The van der Waals surface area contributed by atoms with Crippen molar-refractivity contribution in [3.05, 3.63) is 67.8 Å². The fraction of sp³-hybridized carbons (Fsp3) is 0.0556. The van der Waals surface area contributed by atoms with Gasteiger partial charge in [-0.25, -0.2) is 4.39 Å². The van der Waals surface area contributed by atoms with Gasteiger partial charge in [-0.15, -0.1) is 0 Å². The van der Waals surface area contributed by atoms with Gasteiger partial charge in [0, 0.05) is 22.3 Å². The van der Waals surface area contributed by atoms with Crippen LogP contribution in [0.5, 0.6) is 5.75 Å². The third-order valence-corrected chi connectivity index (χ3v) is 4.98. The minimum absolute atomic E-state index is 0.0561. The molecule has 2 N–H and O–H groups in total. The molecule has 1 aliphatic heterocycles. The van der Waals surface area contributed by atoms with Gasteiger partial charge in [-0.05, 0) is 42.1 Å². The Labute approximate surface area is 177 Å². The van der Waals surface area contributed by atoms with E-state index in [1.54, 1.807) is 0 Å². The molecule has 3 amide bonds. The number of hydrogen-bond donors (Lipinski definition) is 2. The molecule has 2 aromatic rings. The lowest BCUT2D eigenvalue weighted by Crippen LogP contribution is -2.36. The number of carbonyl (C=O) groups is 3. The molecule has 0 unspecified atom stereocenters. The molecular weight excluding hydrogens is 441 g/mol. The smallest absolute Gasteiger partial charge is 0.312 e. The van der Waals surface area contributed by atoms with E-state index in [2.05, 4.69) is 5.32 Å². The molecule has 0 radical (unpaired) electrons. The highest BCUT2D eigenvalue weighted by Crippen LogP contribution is 2.38. The first-order valence-corrected chi connectivity index (χ1v) is 9.33. The van der Waals surface area contributed by atoms with Crippen molar-refractivity contribution in [2.75, 3.05) is 11.9 Å². The van der Waals surface area contributed by atoms with E-state index in [0.717, 1.165) is 18.2 Å². The van der Waals surface area contributed by atoms with Gasteiger partial charge >= 0.3 is 5.69 Å². The van der Waals surface area contributed by atoms with Crippen LogP contribution in [-0.4, -0.2) is 38.5 Å². The standard InChI is InChI=1S/C18H11ClFN3O6S/c19-10-4-9(16(25)13(6-10)23(28)29)5-14-17(26)22(18(27)30-14)8-15(24)21-12-3-1-2-11(20)7-12/h1-7,25H,8H2,(H,21,24)/b14-5+. The van der Waals surface area contributed by atoms with Crippen LogP contribution >= 0.6 is 23.4 Å². The number of amides is 3. The molecule has 0 spiro atoms. The largest absolute Gasteiger partial charge is 0.502 e. The first-order chi connectivity index (χ1) is 14.2. The highest BCUT2D eigenvalue weighted by Gasteiger charge is 2.36. The number of nitro groups is 1. The van der Waals surface area contributed by atoms with Crippen molar-refractivity contribution in [2.24, 2.45) is 0 Å². The molecule has 1 aliphatic rings. The summed E-state index contributed by atoms with van der Waals surface area (Å²) in [5.74, 6) is -2.86. The van der Waals surface area contributed by atoms with E-state index in [9.17, 15) is 34.0 Å². The number of nitrogens with zero attached hydrogens (tertiary/aromatic N) is 2. The van der Waals surface area contributed by atoms with E-state index in [4.69, 9.17) is 11.6 Å². The predicted molar refractivity (Wildman–Crippen MR) is 107 cm³/mol. The van der Waals surface area contributed by atoms with Gasteiger partial charge < -0.3 is 10.4 Å². The number of aromatic hydroxyl groups is 1. The van der Waals surface area contributed by atoms with Gasteiger partial charge in [0.1, 0.15) is 12.4 Å². The molecular formula is C18H11ClFN3O6S. The summed E-state index contributed by atoms with van der Waals surface area (Å²) < 4.78 is 13.2. The molecule has 1 fully saturated rings. The summed E-state index contributed by atoms with van der Waals surface area (Å²) in [6.45, 7) is -0.625. The van der Waals surface area contributed by atoms with Crippen LogP contribution in [0.4, 0.5) is 20.6 Å². The Kier molecular flexibility index (Phi) is 6.04. The predicted octanol–water partition coefficient (Wildman–Crippen LogP) is 3.77. The first-order valence-electron chi connectivity index (χ1n) is 8.13. The number of rotatable bonds is 5. The average molecular weight is 452 g/mol. The number of phenolic OH excluding ortho intramolecular Hbond substituents is 1. The van der Waals surface area contributed by atoms with Crippen LogP contribution in [0.1, 0.15) is 5.56 Å². The number of thioether (sulfide) groups is 1. The SMILES string of the molecule is O=C(CN1C(=O)S/C(=C/c2cc(Cl)cc([N+](=O)[O-])c2O)C1=O)Nc1cccc(F)c1. The van der Waals surface area contributed by atoms with E-state index >= 15 is 0 Å². The summed E-state index contributed by atoms with van der Waals surface area (Å²) in [4.78, 5) is 47.4. The molecule has 0 bridgehead atoms. The number of benzene rings is 2. The molecule has 154 valence electrons. The van der Waals surface area contributed by atoms with Crippen LogP contribution in [0.3, 0.4) is 0 Å². The average Bonchev–Trinajstić information content (AvgIpc) is 2.91. The zero-order chi connectivity index (χ0) is 22.0. The molecule has 12 heteroatoms. The Morgan fingerprint density at radius 2 is 2.07 bits per heavy atom. The van der Waals surface area contributed by atoms with E-state index in [1.165, 1.54) is 24.3 Å². The zero-order valence-corrected chi connectivity index (χ0v) is 16.4. The summed E-state index contributed by atoms with van der Waals surface area (Å²) in [6, 6.07) is 7.20. The Balaban J connectivity index is 1.79. The van der Waals surface area contributed by atoms with Crippen LogP contribution in [0.2, 0.25) is 5.02 Å². The number of hydrogen-bond acceptors (Lipinski definition) is 7. The fourth-order valence-corrected chi connectivity index (χ4v) is 3.59. The summed E-state index contributed by atoms with van der Waals surface area (Å²) in [5.41, 5.74) is -0.648. The number of carbonyl (C=O) groups excluding carboxylic acids is 3. The van der Waals surface area contributed by atoms with E-state index in [1.807, 2.05) is 0 Å². The van der Waals surface area contributed by atoms with Gasteiger partial charge in [0.15, 0.2) is 0 Å². The lowest BCUT2D eigenvalue weighted by molar-refractivity contribution is -0.385. The van der Waals surface area contributed by atoms with Crippen LogP contribution in [0.25, 0.3) is 6.08 Å². The van der Waals surface area contributed by atoms with E-state index in [-0.39, 0.29) is 21.2 Å². The maximum absolute atomic E-state index is 13.2. The molecule has 0 atom stereocenters. The van der Waals surface area contributed by atoms with Gasteiger partial charge in [-0.1, -0.05) is 17.7 Å². The second-order valence-electron chi connectivity index (χ2n) is 5.95. The number of nitrogens with one attached hydrogen (secondary N) is 1. The van der Waals surface area contributed by atoms with E-state index < -0.39 is 45.8 Å². The minimum atomic E-state index is -0.846. The Morgan fingerprint density at radius 1 is 1.33 bits per heavy atom. The van der Waals surface area contributed by atoms with Crippen LogP contribution in [0, 0.1) is 15.9 Å². The molecule has 30 heavy (non-hydrogen) atoms. The molecule has 9 nitrogen and oxygen atoms in total. The van der Waals surface area contributed by atoms with E-state index in [0.29, 0.717) is 16.7 Å². The van der Waals surface area contributed by atoms with Crippen molar-refractivity contribution < 1.29 is 28.8 Å². The summed E-state index contributed by atoms with van der Waals surface area (Å²) in [5, 5.41) is 22.6. The second-order valence-corrected chi connectivity index (χ2v) is 7.38. The second kappa shape index (κ2) is 8.51. The van der Waals surface area contributed by atoms with Gasteiger partial charge in [0.2, 0.25) is 11.7 Å². The monoisotopic (exact) mass is 451 g/mol. The molecule has 1 saturated heterocycles.